The summed E-state index contributed by atoms with van der Waals surface area (Å²) in [6.45, 7) is 0. The Kier molecular flexibility index (Phi) is 2.53. The van der Waals surface area contributed by atoms with Crippen LogP contribution >= 0.6 is 0 Å². The molecule has 1 aromatic rings. The van der Waals surface area contributed by atoms with Gasteiger partial charge in [0, 0.05) is 11.3 Å². The van der Waals surface area contributed by atoms with Crippen molar-refractivity contribution in [3.63, 3.8) is 0 Å². The molecule has 1 unspecified atom stereocenters. The molecule has 5 heteroatoms. The lowest BCUT2D eigenvalue weighted by atomic mass is 9.87. The van der Waals surface area contributed by atoms with E-state index in [9.17, 15) is 4.79 Å². The lowest BCUT2D eigenvalue weighted by Gasteiger charge is -2.22. The Bertz CT molecular complexity index is 392. The number of hydrogen-bond acceptors (Lipinski definition) is 5. The summed E-state index contributed by atoms with van der Waals surface area (Å²) in [4.78, 5) is 19.5. The van der Waals surface area contributed by atoms with Crippen LogP contribution in [-0.4, -0.2) is 23.0 Å². The van der Waals surface area contributed by atoms with Gasteiger partial charge in [0.25, 0.3) is 0 Å². The van der Waals surface area contributed by atoms with Crippen LogP contribution in [0.5, 0.6) is 0 Å². The van der Waals surface area contributed by atoms with E-state index in [4.69, 9.17) is 10.5 Å². The number of nitrogens with two attached hydrogens (primary N) is 1. The zero-order valence-electron chi connectivity index (χ0n) is 8.56. The van der Waals surface area contributed by atoms with Gasteiger partial charge < -0.3 is 10.5 Å². The van der Waals surface area contributed by atoms with E-state index in [-0.39, 0.29) is 11.9 Å². The molecule has 15 heavy (non-hydrogen) atoms. The Hall–Kier alpha value is -1.65. The van der Waals surface area contributed by atoms with Crippen LogP contribution in [-0.2, 0) is 22.4 Å². The van der Waals surface area contributed by atoms with Crippen molar-refractivity contribution in [2.75, 3.05) is 12.8 Å². The number of carbonyl (C=O) groups excluding carboxylic acids is 1. The molecule has 5 nitrogen and oxygen atoms in total. The molecule has 80 valence electrons. The summed E-state index contributed by atoms with van der Waals surface area (Å²) < 4.78 is 4.72. The minimum atomic E-state index is -0.177. The third-order valence-corrected chi connectivity index (χ3v) is 2.78. The van der Waals surface area contributed by atoms with Crippen LogP contribution in [0.25, 0.3) is 0 Å². The van der Waals surface area contributed by atoms with Crippen molar-refractivity contribution in [2.24, 2.45) is 5.92 Å². The summed E-state index contributed by atoms with van der Waals surface area (Å²) in [5, 5.41) is 0. The Labute approximate surface area is 87.7 Å². The van der Waals surface area contributed by atoms with E-state index < -0.39 is 0 Å². The number of ether oxygens (including phenoxy) is 1. The van der Waals surface area contributed by atoms with Crippen LogP contribution in [0.1, 0.15) is 17.7 Å². The highest BCUT2D eigenvalue weighted by molar-refractivity contribution is 5.73. The fourth-order valence-corrected chi connectivity index (χ4v) is 1.93. The Morgan fingerprint density at radius 2 is 2.40 bits per heavy atom. The predicted octanol–water partition coefficient (Wildman–Crippen LogP) is 0.337. The number of nitrogen functional groups attached to an aromatic ring is 1. The number of aryl methyl sites for hydroxylation is 1. The van der Waals surface area contributed by atoms with Gasteiger partial charge in [-0.25, -0.2) is 9.97 Å². The number of fused-ring (bicyclic) bond motifs is 1. The van der Waals surface area contributed by atoms with Crippen LogP contribution in [0.15, 0.2) is 6.33 Å². The summed E-state index contributed by atoms with van der Waals surface area (Å²) in [5.74, 6) is 0.202. The SMILES string of the molecule is COC(=O)C1CCc2ncnc(N)c2C1. The topological polar surface area (TPSA) is 78.1 Å². The quantitative estimate of drug-likeness (QED) is 0.672. The van der Waals surface area contributed by atoms with Crippen molar-refractivity contribution in [1.82, 2.24) is 9.97 Å². The average molecular weight is 207 g/mol. The fourth-order valence-electron chi connectivity index (χ4n) is 1.93. The first-order valence-electron chi connectivity index (χ1n) is 4.88. The molecule has 2 rings (SSSR count). The molecule has 0 aromatic carbocycles. The lowest BCUT2D eigenvalue weighted by molar-refractivity contribution is -0.145. The highest BCUT2D eigenvalue weighted by Crippen LogP contribution is 2.27. The molecule has 1 heterocycles. The molecular formula is C10H13N3O2. The van der Waals surface area contributed by atoms with Crippen molar-refractivity contribution in [3.05, 3.63) is 17.6 Å². The number of methoxy groups -OCH3 is 1. The minimum Gasteiger partial charge on any atom is -0.469 e. The maximum Gasteiger partial charge on any atom is 0.309 e. The zero-order chi connectivity index (χ0) is 10.8. The lowest BCUT2D eigenvalue weighted by Crippen LogP contribution is -2.25. The summed E-state index contributed by atoms with van der Waals surface area (Å²) in [6.07, 6.45) is 3.60. The third kappa shape index (κ3) is 1.77. The first kappa shape index (κ1) is 9.89. The van der Waals surface area contributed by atoms with Gasteiger partial charge in [-0.15, -0.1) is 0 Å². The molecule has 0 radical (unpaired) electrons. The molecule has 0 fully saturated rings. The predicted molar refractivity (Wildman–Crippen MR) is 54.0 cm³/mol. The van der Waals surface area contributed by atoms with Crippen LogP contribution in [0, 0.1) is 5.92 Å². The number of nitrogens with zero attached hydrogens (tertiary/aromatic N) is 2. The fraction of sp³-hybridized carbons (Fsp3) is 0.500. The number of aromatic nitrogens is 2. The van der Waals surface area contributed by atoms with E-state index in [0.717, 1.165) is 24.1 Å². The minimum absolute atomic E-state index is 0.101. The number of carbonyl (C=O) groups is 1. The standard InChI is InChI=1S/C10H13N3O2/c1-15-10(14)6-2-3-8-7(4-6)9(11)13-5-12-8/h5-6H,2-4H2,1H3,(H2,11,12,13). The number of rotatable bonds is 1. The van der Waals surface area contributed by atoms with Gasteiger partial charge in [-0.2, -0.15) is 0 Å². The Morgan fingerprint density at radius 3 is 3.13 bits per heavy atom. The van der Waals surface area contributed by atoms with Gasteiger partial charge in [0.15, 0.2) is 0 Å². The second kappa shape index (κ2) is 3.84. The van der Waals surface area contributed by atoms with Crippen molar-refractivity contribution in [3.8, 4) is 0 Å². The van der Waals surface area contributed by atoms with Crippen molar-refractivity contribution >= 4 is 11.8 Å². The Morgan fingerprint density at radius 1 is 1.60 bits per heavy atom. The average Bonchev–Trinajstić information content (AvgIpc) is 2.28. The van der Waals surface area contributed by atoms with E-state index in [1.165, 1.54) is 13.4 Å². The van der Waals surface area contributed by atoms with Gasteiger partial charge in [0.05, 0.1) is 13.0 Å². The normalized spacial score (nSPS) is 19.4. The van der Waals surface area contributed by atoms with E-state index >= 15 is 0 Å². The molecule has 0 spiro atoms. The number of esters is 1. The second-order valence-corrected chi connectivity index (χ2v) is 3.65. The van der Waals surface area contributed by atoms with Gasteiger partial charge in [-0.05, 0) is 19.3 Å². The van der Waals surface area contributed by atoms with Gasteiger partial charge in [0.2, 0.25) is 0 Å². The van der Waals surface area contributed by atoms with Gasteiger partial charge >= 0.3 is 5.97 Å². The molecule has 0 bridgehead atoms. The molecule has 0 saturated heterocycles. The van der Waals surface area contributed by atoms with Crippen molar-refractivity contribution < 1.29 is 9.53 Å². The molecule has 1 atom stereocenters. The maximum atomic E-state index is 11.4. The van der Waals surface area contributed by atoms with E-state index in [1.807, 2.05) is 0 Å². The Balaban J connectivity index is 2.26. The highest BCUT2D eigenvalue weighted by Gasteiger charge is 2.27. The zero-order valence-corrected chi connectivity index (χ0v) is 8.56. The van der Waals surface area contributed by atoms with Gasteiger partial charge in [-0.3, -0.25) is 4.79 Å². The molecule has 0 aliphatic heterocycles. The maximum absolute atomic E-state index is 11.4. The monoisotopic (exact) mass is 207 g/mol. The first-order chi connectivity index (χ1) is 7.22. The van der Waals surface area contributed by atoms with Crippen molar-refractivity contribution in [1.29, 1.82) is 0 Å². The third-order valence-electron chi connectivity index (χ3n) is 2.78. The summed E-state index contributed by atoms with van der Waals surface area (Å²) >= 11 is 0. The molecule has 1 aliphatic rings. The molecular weight excluding hydrogens is 194 g/mol. The highest BCUT2D eigenvalue weighted by atomic mass is 16.5. The largest absolute Gasteiger partial charge is 0.469 e. The molecule has 0 amide bonds. The van der Waals surface area contributed by atoms with Gasteiger partial charge in [-0.1, -0.05) is 0 Å². The van der Waals surface area contributed by atoms with Crippen molar-refractivity contribution in [2.45, 2.75) is 19.3 Å². The summed E-state index contributed by atoms with van der Waals surface area (Å²) in [6, 6.07) is 0. The summed E-state index contributed by atoms with van der Waals surface area (Å²) in [5.41, 5.74) is 7.60. The van der Waals surface area contributed by atoms with Crippen LogP contribution in [0.2, 0.25) is 0 Å². The smallest absolute Gasteiger partial charge is 0.309 e. The molecule has 2 N–H and O–H groups in total. The summed E-state index contributed by atoms with van der Waals surface area (Å²) in [7, 11) is 1.41. The molecule has 1 aromatic heterocycles. The van der Waals surface area contributed by atoms with Crippen LogP contribution < -0.4 is 5.73 Å². The first-order valence-corrected chi connectivity index (χ1v) is 4.88. The van der Waals surface area contributed by atoms with E-state index in [0.29, 0.717) is 12.2 Å². The molecule has 1 aliphatic carbocycles. The van der Waals surface area contributed by atoms with Crippen LogP contribution in [0.4, 0.5) is 5.82 Å². The van der Waals surface area contributed by atoms with E-state index in [2.05, 4.69) is 9.97 Å². The second-order valence-electron chi connectivity index (χ2n) is 3.65. The number of hydrogen-bond donors (Lipinski definition) is 1. The molecule has 0 saturated carbocycles. The van der Waals surface area contributed by atoms with Crippen LogP contribution in [0.3, 0.4) is 0 Å². The van der Waals surface area contributed by atoms with Gasteiger partial charge in [0.1, 0.15) is 12.1 Å². The number of anilines is 1. The van der Waals surface area contributed by atoms with E-state index in [1.54, 1.807) is 0 Å².